The van der Waals surface area contributed by atoms with Crippen molar-refractivity contribution in [2.45, 2.75) is 6.92 Å². The number of fused-ring (bicyclic) bond motifs is 1. The van der Waals surface area contributed by atoms with Crippen molar-refractivity contribution in [3.8, 4) is 5.75 Å². The lowest BCUT2D eigenvalue weighted by Gasteiger charge is -2.28. The number of amides is 2. The average molecular weight is 322 g/mol. The summed E-state index contributed by atoms with van der Waals surface area (Å²) in [5, 5.41) is 2.76. The third-order valence-corrected chi connectivity index (χ3v) is 3.83. The molecule has 0 spiro atoms. The molecular formula is C19H18N2O3. The highest BCUT2D eigenvalue weighted by molar-refractivity contribution is 6.14. The molecule has 2 aromatic rings. The Hall–Kier alpha value is -3.08. The molecule has 1 heterocycles. The summed E-state index contributed by atoms with van der Waals surface area (Å²) in [6.45, 7) is 2.01. The van der Waals surface area contributed by atoms with E-state index in [1.54, 1.807) is 31.4 Å². The fourth-order valence-electron chi connectivity index (χ4n) is 2.53. The molecule has 0 atom stereocenters. The van der Waals surface area contributed by atoms with E-state index >= 15 is 0 Å². The minimum absolute atomic E-state index is 0.00357. The second-order valence-corrected chi connectivity index (χ2v) is 5.60. The Kier molecular flexibility index (Phi) is 4.33. The van der Waals surface area contributed by atoms with E-state index < -0.39 is 0 Å². The zero-order valence-electron chi connectivity index (χ0n) is 13.6. The van der Waals surface area contributed by atoms with Crippen LogP contribution in [-0.2, 0) is 9.59 Å². The first-order valence-corrected chi connectivity index (χ1v) is 7.61. The number of aryl methyl sites for hydroxylation is 1. The summed E-state index contributed by atoms with van der Waals surface area (Å²) >= 11 is 0. The summed E-state index contributed by atoms with van der Waals surface area (Å²) in [6, 6.07) is 13.1. The number of ether oxygens (including phenoxy) is 1. The van der Waals surface area contributed by atoms with Crippen molar-refractivity contribution in [2.24, 2.45) is 0 Å². The fourth-order valence-corrected chi connectivity index (χ4v) is 2.53. The second kappa shape index (κ2) is 6.58. The van der Waals surface area contributed by atoms with E-state index in [4.69, 9.17) is 4.74 Å². The van der Waals surface area contributed by atoms with Gasteiger partial charge in [-0.3, -0.25) is 14.5 Å². The van der Waals surface area contributed by atoms with Crippen molar-refractivity contribution in [2.75, 3.05) is 23.9 Å². The smallest absolute Gasteiger partial charge is 0.251 e. The molecule has 1 N–H and O–H groups in total. The van der Waals surface area contributed by atoms with E-state index in [9.17, 15) is 9.59 Å². The number of nitrogens with one attached hydrogen (secondary N) is 1. The molecule has 0 saturated carbocycles. The van der Waals surface area contributed by atoms with Gasteiger partial charge in [0.2, 0.25) is 5.91 Å². The van der Waals surface area contributed by atoms with Gasteiger partial charge in [0, 0.05) is 12.1 Å². The van der Waals surface area contributed by atoms with Gasteiger partial charge in [-0.2, -0.15) is 0 Å². The highest BCUT2D eigenvalue weighted by Crippen LogP contribution is 2.33. The van der Waals surface area contributed by atoms with Crippen LogP contribution in [0.2, 0.25) is 0 Å². The Morgan fingerprint density at radius 1 is 1.21 bits per heavy atom. The SMILES string of the molecule is COc1ccc2c(c1)NC(=O)CN2C(=O)C=Cc1ccc(C)cc1. The molecule has 2 aromatic carbocycles. The van der Waals surface area contributed by atoms with Gasteiger partial charge in [0.05, 0.1) is 18.5 Å². The second-order valence-electron chi connectivity index (χ2n) is 5.60. The molecule has 3 rings (SSSR count). The van der Waals surface area contributed by atoms with Crippen LogP contribution >= 0.6 is 0 Å². The number of rotatable bonds is 3. The van der Waals surface area contributed by atoms with E-state index in [1.165, 1.54) is 11.0 Å². The summed E-state index contributed by atoms with van der Waals surface area (Å²) in [5.41, 5.74) is 3.33. The van der Waals surface area contributed by atoms with E-state index in [0.717, 1.165) is 11.1 Å². The van der Waals surface area contributed by atoms with Crippen molar-refractivity contribution in [3.05, 3.63) is 59.7 Å². The quantitative estimate of drug-likeness (QED) is 0.884. The molecule has 5 heteroatoms. The van der Waals surface area contributed by atoms with Crippen LogP contribution in [0.15, 0.2) is 48.5 Å². The molecule has 1 aliphatic heterocycles. The van der Waals surface area contributed by atoms with Crippen molar-refractivity contribution < 1.29 is 14.3 Å². The van der Waals surface area contributed by atoms with Gasteiger partial charge in [0.15, 0.2) is 0 Å². The Balaban J connectivity index is 1.85. The summed E-state index contributed by atoms with van der Waals surface area (Å²) in [4.78, 5) is 25.9. The maximum Gasteiger partial charge on any atom is 0.251 e. The summed E-state index contributed by atoms with van der Waals surface area (Å²) in [7, 11) is 1.56. The number of anilines is 2. The number of benzene rings is 2. The van der Waals surface area contributed by atoms with Crippen LogP contribution in [0.3, 0.4) is 0 Å². The fraction of sp³-hybridized carbons (Fsp3) is 0.158. The third kappa shape index (κ3) is 3.30. The van der Waals surface area contributed by atoms with Crippen LogP contribution in [0.25, 0.3) is 6.08 Å². The number of hydrogen-bond donors (Lipinski definition) is 1. The van der Waals surface area contributed by atoms with Crippen molar-refractivity contribution in [1.82, 2.24) is 0 Å². The van der Waals surface area contributed by atoms with Gasteiger partial charge in [0.1, 0.15) is 12.3 Å². The average Bonchev–Trinajstić information content (AvgIpc) is 2.59. The monoisotopic (exact) mass is 322 g/mol. The number of nitrogens with zero attached hydrogens (tertiary/aromatic N) is 1. The molecule has 0 aliphatic carbocycles. The lowest BCUT2D eigenvalue weighted by atomic mass is 10.1. The van der Waals surface area contributed by atoms with Crippen LogP contribution in [0, 0.1) is 6.92 Å². The molecule has 0 bridgehead atoms. The minimum Gasteiger partial charge on any atom is -0.497 e. The summed E-state index contributed by atoms with van der Waals surface area (Å²) < 4.78 is 5.16. The molecule has 0 saturated heterocycles. The van der Waals surface area contributed by atoms with Crippen LogP contribution < -0.4 is 15.0 Å². The first-order valence-electron chi connectivity index (χ1n) is 7.61. The van der Waals surface area contributed by atoms with Gasteiger partial charge in [-0.25, -0.2) is 0 Å². The highest BCUT2D eigenvalue weighted by atomic mass is 16.5. The van der Waals surface area contributed by atoms with Crippen LogP contribution in [0.5, 0.6) is 5.75 Å². The van der Waals surface area contributed by atoms with E-state index in [0.29, 0.717) is 17.1 Å². The molecule has 1 aliphatic rings. The number of hydrogen-bond acceptors (Lipinski definition) is 3. The van der Waals surface area contributed by atoms with Gasteiger partial charge in [0.25, 0.3) is 5.91 Å². The number of carbonyl (C=O) groups is 2. The maximum absolute atomic E-state index is 12.5. The predicted octanol–water partition coefficient (Wildman–Crippen LogP) is 3.00. The minimum atomic E-state index is -0.239. The largest absolute Gasteiger partial charge is 0.497 e. The van der Waals surface area contributed by atoms with E-state index in [-0.39, 0.29) is 18.4 Å². The van der Waals surface area contributed by atoms with E-state index in [2.05, 4.69) is 5.32 Å². The van der Waals surface area contributed by atoms with Crippen molar-refractivity contribution >= 4 is 29.3 Å². The standard InChI is InChI=1S/C19H18N2O3/c1-13-3-5-14(6-4-13)7-10-19(23)21-12-18(22)20-16-11-15(24-2)8-9-17(16)21/h3-11H,12H2,1-2H3,(H,20,22). The third-order valence-electron chi connectivity index (χ3n) is 3.83. The predicted molar refractivity (Wildman–Crippen MR) is 94.2 cm³/mol. The van der Waals surface area contributed by atoms with Gasteiger partial charge in [-0.05, 0) is 30.7 Å². The topological polar surface area (TPSA) is 58.6 Å². The van der Waals surface area contributed by atoms with Crippen molar-refractivity contribution in [3.63, 3.8) is 0 Å². The van der Waals surface area contributed by atoms with Gasteiger partial charge >= 0.3 is 0 Å². The molecule has 2 amide bonds. The summed E-state index contributed by atoms with van der Waals surface area (Å²) in [5.74, 6) is 0.156. The van der Waals surface area contributed by atoms with Gasteiger partial charge < -0.3 is 10.1 Å². The number of carbonyl (C=O) groups excluding carboxylic acids is 2. The number of methoxy groups -OCH3 is 1. The lowest BCUT2D eigenvalue weighted by Crippen LogP contribution is -2.41. The lowest BCUT2D eigenvalue weighted by molar-refractivity contribution is -0.119. The Morgan fingerprint density at radius 3 is 2.67 bits per heavy atom. The zero-order chi connectivity index (χ0) is 17.1. The van der Waals surface area contributed by atoms with Gasteiger partial charge in [-0.15, -0.1) is 0 Å². The Labute approximate surface area is 140 Å². The molecule has 0 radical (unpaired) electrons. The van der Waals surface area contributed by atoms with Crippen LogP contribution in [-0.4, -0.2) is 25.5 Å². The molecular weight excluding hydrogens is 304 g/mol. The normalized spacial score (nSPS) is 13.6. The molecule has 0 unspecified atom stereocenters. The molecule has 0 fully saturated rings. The first-order chi connectivity index (χ1) is 11.6. The van der Waals surface area contributed by atoms with Gasteiger partial charge in [-0.1, -0.05) is 29.8 Å². The van der Waals surface area contributed by atoms with E-state index in [1.807, 2.05) is 31.2 Å². The molecule has 122 valence electrons. The Bertz CT molecular complexity index is 810. The maximum atomic E-state index is 12.5. The molecule has 0 aromatic heterocycles. The highest BCUT2D eigenvalue weighted by Gasteiger charge is 2.25. The van der Waals surface area contributed by atoms with Crippen molar-refractivity contribution in [1.29, 1.82) is 0 Å². The van der Waals surface area contributed by atoms with Crippen LogP contribution in [0.1, 0.15) is 11.1 Å². The zero-order valence-corrected chi connectivity index (χ0v) is 13.6. The Morgan fingerprint density at radius 2 is 1.96 bits per heavy atom. The first kappa shape index (κ1) is 15.8. The van der Waals surface area contributed by atoms with Crippen LogP contribution in [0.4, 0.5) is 11.4 Å². The molecule has 5 nitrogen and oxygen atoms in total. The molecule has 24 heavy (non-hydrogen) atoms. The summed E-state index contributed by atoms with van der Waals surface area (Å²) in [6.07, 6.45) is 3.23.